The van der Waals surface area contributed by atoms with E-state index in [2.05, 4.69) is 33.0 Å². The van der Waals surface area contributed by atoms with Crippen LogP contribution in [0.3, 0.4) is 0 Å². The van der Waals surface area contributed by atoms with Crippen molar-refractivity contribution in [2.45, 2.75) is 50.6 Å². The van der Waals surface area contributed by atoms with Crippen LogP contribution in [0, 0.1) is 17.2 Å². The Kier molecular flexibility index (Phi) is 9.46. The number of anilines is 1. The molecule has 2 saturated heterocycles. The number of rotatable bonds is 5. The Balaban J connectivity index is 1.31. The molecule has 2 fully saturated rings. The summed E-state index contributed by atoms with van der Waals surface area (Å²) in [5.41, 5.74) is 0.945. The van der Waals surface area contributed by atoms with Crippen LogP contribution < -0.4 is 16.0 Å². The van der Waals surface area contributed by atoms with E-state index in [4.69, 9.17) is 4.74 Å². The lowest BCUT2D eigenvalue weighted by Crippen LogP contribution is -2.58. The minimum Gasteiger partial charge on any atom is -0.381 e. The minimum atomic E-state index is -0.687. The number of fused-ring (bicyclic) bond motifs is 1. The number of carbonyl (C=O) groups excluding carboxylic acids is 3. The molecule has 1 spiro atoms. The van der Waals surface area contributed by atoms with Gasteiger partial charge in [0.25, 0.3) is 0 Å². The summed E-state index contributed by atoms with van der Waals surface area (Å²) in [6.45, 7) is 2.57. The average molecular weight is 563 g/mol. The van der Waals surface area contributed by atoms with Crippen molar-refractivity contribution < 1.29 is 23.5 Å². The number of likely N-dealkylation sites (tertiary alicyclic amines) is 1. The van der Waals surface area contributed by atoms with E-state index in [9.17, 15) is 18.8 Å². The molecule has 2 aromatic rings. The third-order valence-electron chi connectivity index (χ3n) is 8.59. The SMILES string of the molecule is O=C(CN1CC[C@H]2NC(=O)[C@@H](Cc3ccccc3)NC(=O)C3(CC=CC[C@H]2C1)CCOCC3)Nc1ccc(F)cc1. The van der Waals surface area contributed by atoms with Gasteiger partial charge in [-0.1, -0.05) is 42.5 Å². The van der Waals surface area contributed by atoms with Gasteiger partial charge in [0.05, 0.1) is 12.0 Å². The summed E-state index contributed by atoms with van der Waals surface area (Å²) in [6.07, 6.45) is 7.91. The molecule has 9 heteroatoms. The molecular weight excluding hydrogens is 523 g/mol. The second-order valence-corrected chi connectivity index (χ2v) is 11.5. The Labute approximate surface area is 240 Å². The van der Waals surface area contributed by atoms with Crippen LogP contribution in [0.25, 0.3) is 0 Å². The largest absolute Gasteiger partial charge is 0.381 e. The van der Waals surface area contributed by atoms with Crippen molar-refractivity contribution >= 4 is 23.4 Å². The van der Waals surface area contributed by atoms with Crippen molar-refractivity contribution in [3.05, 3.63) is 78.1 Å². The minimum absolute atomic E-state index is 0.0739. The van der Waals surface area contributed by atoms with Crippen molar-refractivity contribution in [3.63, 3.8) is 0 Å². The van der Waals surface area contributed by atoms with Gasteiger partial charge in [0.2, 0.25) is 17.7 Å². The lowest BCUT2D eigenvalue weighted by atomic mass is 9.75. The van der Waals surface area contributed by atoms with Crippen molar-refractivity contribution in [2.75, 3.05) is 38.2 Å². The van der Waals surface area contributed by atoms with Crippen LogP contribution >= 0.6 is 0 Å². The summed E-state index contributed by atoms with van der Waals surface area (Å²) in [7, 11) is 0. The van der Waals surface area contributed by atoms with Crippen LogP contribution in [0.4, 0.5) is 10.1 Å². The predicted octanol–water partition coefficient (Wildman–Crippen LogP) is 3.45. The number of benzene rings is 2. The van der Waals surface area contributed by atoms with Crippen LogP contribution in [0.2, 0.25) is 0 Å². The molecule has 0 aliphatic carbocycles. The van der Waals surface area contributed by atoms with Gasteiger partial charge in [0.1, 0.15) is 11.9 Å². The first-order valence-corrected chi connectivity index (χ1v) is 14.6. The Morgan fingerprint density at radius 2 is 1.78 bits per heavy atom. The first-order valence-electron chi connectivity index (χ1n) is 14.6. The second-order valence-electron chi connectivity index (χ2n) is 11.5. The number of hydrogen-bond acceptors (Lipinski definition) is 5. The molecule has 2 aromatic carbocycles. The maximum atomic E-state index is 13.7. The zero-order valence-corrected chi connectivity index (χ0v) is 23.3. The van der Waals surface area contributed by atoms with Gasteiger partial charge in [-0.25, -0.2) is 4.39 Å². The van der Waals surface area contributed by atoms with Crippen molar-refractivity contribution in [1.29, 1.82) is 0 Å². The summed E-state index contributed by atoms with van der Waals surface area (Å²) < 4.78 is 18.8. The average Bonchev–Trinajstić information content (AvgIpc) is 2.98. The third-order valence-corrected chi connectivity index (χ3v) is 8.59. The van der Waals surface area contributed by atoms with Crippen molar-refractivity contribution in [1.82, 2.24) is 15.5 Å². The Morgan fingerprint density at radius 1 is 1.02 bits per heavy atom. The van der Waals surface area contributed by atoms with Crippen LogP contribution in [0.1, 0.15) is 37.7 Å². The highest BCUT2D eigenvalue weighted by Crippen LogP contribution is 2.36. The first kappa shape index (κ1) is 29.0. The van der Waals surface area contributed by atoms with Crippen LogP contribution in [-0.2, 0) is 25.5 Å². The quantitative estimate of drug-likeness (QED) is 0.485. The third kappa shape index (κ3) is 7.59. The summed E-state index contributed by atoms with van der Waals surface area (Å²) >= 11 is 0. The fourth-order valence-electron chi connectivity index (χ4n) is 6.14. The molecule has 0 unspecified atom stereocenters. The van der Waals surface area contributed by atoms with Gasteiger partial charge in [0.15, 0.2) is 0 Å². The predicted molar refractivity (Wildman–Crippen MR) is 154 cm³/mol. The maximum Gasteiger partial charge on any atom is 0.243 e. The Morgan fingerprint density at radius 3 is 2.54 bits per heavy atom. The molecule has 3 N–H and O–H groups in total. The van der Waals surface area contributed by atoms with Gasteiger partial charge >= 0.3 is 0 Å². The van der Waals surface area contributed by atoms with Crippen LogP contribution in [0.5, 0.6) is 0 Å². The Hall–Kier alpha value is -3.56. The molecular formula is C32H39FN4O4. The molecule has 0 aromatic heterocycles. The van der Waals surface area contributed by atoms with Gasteiger partial charge in [-0.05, 0) is 67.9 Å². The molecule has 5 rings (SSSR count). The van der Waals surface area contributed by atoms with E-state index in [0.29, 0.717) is 64.1 Å². The highest BCUT2D eigenvalue weighted by atomic mass is 19.1. The van der Waals surface area contributed by atoms with E-state index < -0.39 is 11.5 Å². The summed E-state index contributed by atoms with van der Waals surface area (Å²) in [6, 6.07) is 14.7. The first-order chi connectivity index (χ1) is 19.9. The summed E-state index contributed by atoms with van der Waals surface area (Å²) in [5, 5.41) is 9.22. The number of carbonyl (C=O) groups is 3. The molecule has 218 valence electrons. The van der Waals surface area contributed by atoms with Gasteiger partial charge in [0, 0.05) is 44.5 Å². The number of nitrogens with one attached hydrogen (secondary N) is 3. The molecule has 3 atom stereocenters. The topological polar surface area (TPSA) is 99.8 Å². The van der Waals surface area contributed by atoms with E-state index in [0.717, 1.165) is 12.0 Å². The lowest BCUT2D eigenvalue weighted by molar-refractivity contribution is -0.140. The molecule has 8 nitrogen and oxygen atoms in total. The van der Waals surface area contributed by atoms with E-state index in [1.54, 1.807) is 12.1 Å². The number of piperidine rings is 1. The molecule has 0 radical (unpaired) electrons. The number of nitrogens with zero attached hydrogens (tertiary/aromatic N) is 1. The monoisotopic (exact) mass is 562 g/mol. The molecule has 3 heterocycles. The number of allylic oxidation sites excluding steroid dienone is 2. The zero-order valence-electron chi connectivity index (χ0n) is 23.3. The van der Waals surface area contributed by atoms with E-state index in [1.807, 2.05) is 30.3 Å². The zero-order chi connectivity index (χ0) is 28.7. The van der Waals surface area contributed by atoms with Gasteiger partial charge < -0.3 is 20.7 Å². The normalized spacial score (nSPS) is 25.2. The lowest BCUT2D eigenvalue weighted by Gasteiger charge is -2.40. The number of ether oxygens (including phenoxy) is 1. The number of hydrogen-bond donors (Lipinski definition) is 3. The van der Waals surface area contributed by atoms with Gasteiger partial charge in [-0.15, -0.1) is 0 Å². The smallest absolute Gasteiger partial charge is 0.243 e. The fraction of sp³-hybridized carbons (Fsp3) is 0.469. The van der Waals surface area contributed by atoms with Crippen molar-refractivity contribution in [3.8, 4) is 0 Å². The molecule has 41 heavy (non-hydrogen) atoms. The highest BCUT2D eigenvalue weighted by Gasteiger charge is 2.41. The summed E-state index contributed by atoms with van der Waals surface area (Å²) in [5.74, 6) is -0.654. The van der Waals surface area contributed by atoms with Gasteiger partial charge in [-0.2, -0.15) is 0 Å². The maximum absolute atomic E-state index is 13.7. The van der Waals surface area contributed by atoms with Crippen LogP contribution in [0.15, 0.2) is 66.7 Å². The van der Waals surface area contributed by atoms with E-state index >= 15 is 0 Å². The summed E-state index contributed by atoms with van der Waals surface area (Å²) in [4.78, 5) is 42.2. The second kappa shape index (κ2) is 13.4. The number of halogens is 1. The highest BCUT2D eigenvalue weighted by molar-refractivity contribution is 5.92. The molecule has 3 aliphatic rings. The van der Waals surface area contributed by atoms with Gasteiger partial charge in [-0.3, -0.25) is 19.3 Å². The standard InChI is InChI=1S/C32H39FN4O4/c33-25-9-11-26(12-10-25)34-29(38)22-37-17-13-27-24(21-37)8-4-5-14-32(15-18-41-19-16-32)31(40)36-28(30(39)35-27)20-23-6-2-1-3-7-23/h1-7,9-12,24,27-28H,8,13-22H2,(H,34,38)(H,35,39)(H,36,40)/t24-,27+,28+/m0/s1. The fourth-order valence-corrected chi connectivity index (χ4v) is 6.14. The molecule has 3 aliphatic heterocycles. The van der Waals surface area contributed by atoms with Crippen molar-refractivity contribution in [2.24, 2.45) is 11.3 Å². The van der Waals surface area contributed by atoms with Crippen LogP contribution in [-0.4, -0.2) is 67.6 Å². The molecule has 0 bridgehead atoms. The number of amides is 3. The van der Waals surface area contributed by atoms with E-state index in [1.165, 1.54) is 12.1 Å². The molecule has 3 amide bonds. The molecule has 0 saturated carbocycles. The Bertz CT molecular complexity index is 1230. The van der Waals surface area contributed by atoms with E-state index in [-0.39, 0.29) is 42.0 Å².